The van der Waals surface area contributed by atoms with Crippen LogP contribution in [-0.4, -0.2) is 43.9 Å². The molecule has 7 nitrogen and oxygen atoms in total. The molecule has 3 rings (SSSR count). The fourth-order valence-electron chi connectivity index (χ4n) is 3.29. The summed E-state index contributed by atoms with van der Waals surface area (Å²) in [5.74, 6) is 0.142. The Hall–Kier alpha value is -2.97. The van der Waals surface area contributed by atoms with E-state index in [4.69, 9.17) is 14.2 Å². The van der Waals surface area contributed by atoms with E-state index in [1.54, 1.807) is 19.2 Å². The molecule has 0 unspecified atom stereocenters. The molecule has 0 aliphatic carbocycles. The van der Waals surface area contributed by atoms with E-state index < -0.39 is 5.97 Å². The van der Waals surface area contributed by atoms with Crippen LogP contribution in [0.25, 0.3) is 10.2 Å². The third kappa shape index (κ3) is 5.39. The molecule has 0 saturated heterocycles. The van der Waals surface area contributed by atoms with Gasteiger partial charge < -0.3 is 18.8 Å². The predicted octanol–water partition coefficient (Wildman–Crippen LogP) is 3.51. The molecule has 0 N–H and O–H groups in total. The summed E-state index contributed by atoms with van der Waals surface area (Å²) in [6, 6.07) is 11.0. The first-order valence-electron chi connectivity index (χ1n) is 9.97. The van der Waals surface area contributed by atoms with Crippen LogP contribution in [0.15, 0.2) is 41.4 Å². The molecule has 0 aliphatic rings. The first-order chi connectivity index (χ1) is 15.0. The average Bonchev–Trinajstić information content (AvgIpc) is 3.09. The molecule has 0 fully saturated rings. The Bertz CT molecular complexity index is 1160. The highest BCUT2D eigenvalue weighted by atomic mass is 32.1. The van der Waals surface area contributed by atoms with E-state index in [-0.39, 0.29) is 12.3 Å². The van der Waals surface area contributed by atoms with E-state index >= 15 is 0 Å². The molecule has 1 aromatic heterocycles. The second-order valence-electron chi connectivity index (χ2n) is 6.89. The summed E-state index contributed by atoms with van der Waals surface area (Å²) in [4.78, 5) is 29.6. The van der Waals surface area contributed by atoms with Crippen LogP contribution in [0.4, 0.5) is 0 Å². The van der Waals surface area contributed by atoms with Crippen LogP contribution in [0.2, 0.25) is 0 Å². The highest BCUT2D eigenvalue weighted by Crippen LogP contribution is 2.21. The molecule has 0 atom stereocenters. The standard InChI is InChI=1S/C23H26N2O5S/c1-5-30-11-10-25-18-8-7-17(22(27)29-4)14-20(18)31-23(25)24-21(26)13-16-6-9-19(28-3)15(2)12-16/h6-9,12,14H,5,10-11,13H2,1-4H3. The number of esters is 1. The van der Waals surface area contributed by atoms with Crippen molar-refractivity contribution in [3.63, 3.8) is 0 Å². The van der Waals surface area contributed by atoms with Gasteiger partial charge >= 0.3 is 5.97 Å². The van der Waals surface area contributed by atoms with Gasteiger partial charge in [0.05, 0.1) is 43.0 Å². The molecular formula is C23H26N2O5S. The van der Waals surface area contributed by atoms with E-state index in [9.17, 15) is 9.59 Å². The number of carbonyl (C=O) groups is 2. The highest BCUT2D eigenvalue weighted by Gasteiger charge is 2.13. The smallest absolute Gasteiger partial charge is 0.337 e. The Morgan fingerprint density at radius 3 is 2.61 bits per heavy atom. The maximum atomic E-state index is 12.7. The molecule has 0 radical (unpaired) electrons. The molecule has 0 aliphatic heterocycles. The van der Waals surface area contributed by atoms with E-state index in [0.717, 1.165) is 27.1 Å². The lowest BCUT2D eigenvalue weighted by molar-refractivity contribution is -0.117. The van der Waals surface area contributed by atoms with Crippen LogP contribution < -0.4 is 9.54 Å². The van der Waals surface area contributed by atoms with Gasteiger partial charge in [-0.2, -0.15) is 4.99 Å². The van der Waals surface area contributed by atoms with Gasteiger partial charge in [-0.25, -0.2) is 4.79 Å². The van der Waals surface area contributed by atoms with Gasteiger partial charge in [0.15, 0.2) is 4.80 Å². The molecule has 0 saturated carbocycles. The van der Waals surface area contributed by atoms with E-state index in [1.165, 1.54) is 18.4 Å². The Balaban J connectivity index is 1.96. The van der Waals surface area contributed by atoms with Gasteiger partial charge in [-0.05, 0) is 49.2 Å². The number of rotatable bonds is 8. The van der Waals surface area contributed by atoms with Crippen LogP contribution in [-0.2, 0) is 27.2 Å². The number of aryl methyl sites for hydroxylation is 1. The normalized spacial score (nSPS) is 11.7. The topological polar surface area (TPSA) is 79.1 Å². The first kappa shape index (κ1) is 22.7. The lowest BCUT2D eigenvalue weighted by atomic mass is 10.1. The zero-order valence-corrected chi connectivity index (χ0v) is 19.0. The van der Waals surface area contributed by atoms with Gasteiger partial charge in [0.1, 0.15) is 5.75 Å². The summed E-state index contributed by atoms with van der Waals surface area (Å²) < 4.78 is 18.4. The van der Waals surface area contributed by atoms with Gasteiger partial charge in [0.25, 0.3) is 5.91 Å². The van der Waals surface area contributed by atoms with Gasteiger partial charge in [-0.3, -0.25) is 4.79 Å². The molecule has 1 amide bonds. The van der Waals surface area contributed by atoms with Crippen LogP contribution in [0.1, 0.15) is 28.4 Å². The number of hydrogen-bond donors (Lipinski definition) is 0. The summed E-state index contributed by atoms with van der Waals surface area (Å²) in [5, 5.41) is 0. The summed E-state index contributed by atoms with van der Waals surface area (Å²) in [7, 11) is 2.97. The molecular weight excluding hydrogens is 416 g/mol. The zero-order chi connectivity index (χ0) is 22.4. The Morgan fingerprint density at radius 1 is 1.13 bits per heavy atom. The van der Waals surface area contributed by atoms with Crippen LogP contribution >= 0.6 is 11.3 Å². The fraction of sp³-hybridized carbons (Fsp3) is 0.348. The van der Waals surface area contributed by atoms with Gasteiger partial charge in [-0.15, -0.1) is 0 Å². The van der Waals surface area contributed by atoms with Crippen molar-refractivity contribution in [1.29, 1.82) is 0 Å². The molecule has 2 aromatic carbocycles. The largest absolute Gasteiger partial charge is 0.496 e. The number of ether oxygens (including phenoxy) is 3. The lowest BCUT2D eigenvalue weighted by Crippen LogP contribution is -2.20. The summed E-state index contributed by atoms with van der Waals surface area (Å²) in [6.07, 6.45) is 0.192. The number of aromatic nitrogens is 1. The van der Waals surface area contributed by atoms with Gasteiger partial charge in [-0.1, -0.05) is 23.5 Å². The number of methoxy groups -OCH3 is 2. The Morgan fingerprint density at radius 2 is 1.94 bits per heavy atom. The number of hydrogen-bond acceptors (Lipinski definition) is 6. The molecule has 3 aromatic rings. The first-order valence-corrected chi connectivity index (χ1v) is 10.8. The quantitative estimate of drug-likeness (QED) is 0.394. The highest BCUT2D eigenvalue weighted by molar-refractivity contribution is 7.16. The van der Waals surface area contributed by atoms with Crippen molar-refractivity contribution >= 4 is 33.4 Å². The summed E-state index contributed by atoms with van der Waals surface area (Å²) in [6.45, 7) is 5.54. The monoisotopic (exact) mass is 442 g/mol. The zero-order valence-electron chi connectivity index (χ0n) is 18.1. The minimum Gasteiger partial charge on any atom is -0.496 e. The average molecular weight is 443 g/mol. The van der Waals surface area contributed by atoms with E-state index in [2.05, 4.69) is 4.99 Å². The summed E-state index contributed by atoms with van der Waals surface area (Å²) in [5.41, 5.74) is 3.20. The maximum absolute atomic E-state index is 12.7. The van der Waals surface area contributed by atoms with Crippen molar-refractivity contribution in [2.24, 2.45) is 4.99 Å². The van der Waals surface area contributed by atoms with Crippen molar-refractivity contribution in [2.45, 2.75) is 26.8 Å². The van der Waals surface area contributed by atoms with Gasteiger partial charge in [0, 0.05) is 13.2 Å². The van der Waals surface area contributed by atoms with E-state index in [0.29, 0.717) is 30.1 Å². The Kier molecular flexibility index (Phi) is 7.59. The second-order valence-corrected chi connectivity index (χ2v) is 7.90. The van der Waals surface area contributed by atoms with Crippen LogP contribution in [0.5, 0.6) is 5.75 Å². The number of amides is 1. The number of thiazole rings is 1. The van der Waals surface area contributed by atoms with Crippen molar-refractivity contribution in [1.82, 2.24) is 4.57 Å². The fourth-order valence-corrected chi connectivity index (χ4v) is 4.40. The molecule has 0 spiro atoms. The predicted molar refractivity (Wildman–Crippen MR) is 120 cm³/mol. The maximum Gasteiger partial charge on any atom is 0.337 e. The lowest BCUT2D eigenvalue weighted by Gasteiger charge is -2.07. The molecule has 0 bridgehead atoms. The van der Waals surface area contributed by atoms with E-state index in [1.807, 2.05) is 42.7 Å². The minimum atomic E-state index is -0.402. The number of carbonyl (C=O) groups excluding carboxylic acids is 2. The van der Waals surface area contributed by atoms with Crippen LogP contribution in [0.3, 0.4) is 0 Å². The van der Waals surface area contributed by atoms with Crippen LogP contribution in [0, 0.1) is 6.92 Å². The molecule has 164 valence electrons. The number of benzene rings is 2. The third-order valence-electron chi connectivity index (χ3n) is 4.80. The molecule has 31 heavy (non-hydrogen) atoms. The van der Waals surface area contributed by atoms with Gasteiger partial charge in [0.2, 0.25) is 0 Å². The van der Waals surface area contributed by atoms with Crippen molar-refractivity contribution in [3.05, 3.63) is 57.9 Å². The molecule has 8 heteroatoms. The van der Waals surface area contributed by atoms with Crippen molar-refractivity contribution in [2.75, 3.05) is 27.4 Å². The second kappa shape index (κ2) is 10.4. The van der Waals surface area contributed by atoms with Crippen molar-refractivity contribution in [3.8, 4) is 5.75 Å². The number of nitrogens with zero attached hydrogens (tertiary/aromatic N) is 2. The molecule has 1 heterocycles. The number of fused-ring (bicyclic) bond motifs is 1. The SMILES string of the molecule is CCOCCn1c(=NC(=O)Cc2ccc(OC)c(C)c2)sc2cc(C(=O)OC)ccc21. The summed E-state index contributed by atoms with van der Waals surface area (Å²) >= 11 is 1.36. The third-order valence-corrected chi connectivity index (χ3v) is 5.84. The minimum absolute atomic E-state index is 0.192. The van der Waals surface area contributed by atoms with Crippen molar-refractivity contribution < 1.29 is 23.8 Å². The Labute approximate surface area is 184 Å².